The van der Waals surface area contributed by atoms with Crippen molar-refractivity contribution in [2.24, 2.45) is 0 Å². The Labute approximate surface area is 124 Å². The Bertz CT molecular complexity index is 547. The van der Waals surface area contributed by atoms with Crippen molar-refractivity contribution >= 4 is 11.9 Å². The van der Waals surface area contributed by atoms with E-state index in [1.54, 1.807) is 0 Å². The highest BCUT2D eigenvalue weighted by Crippen LogP contribution is 2.28. The van der Waals surface area contributed by atoms with Gasteiger partial charge >= 0.3 is 6.03 Å². The van der Waals surface area contributed by atoms with Crippen molar-refractivity contribution in [2.75, 3.05) is 13.1 Å². The molecule has 21 heavy (non-hydrogen) atoms. The van der Waals surface area contributed by atoms with Gasteiger partial charge in [-0.15, -0.1) is 0 Å². The molecule has 2 aliphatic heterocycles. The number of rotatable bonds is 3. The van der Waals surface area contributed by atoms with Gasteiger partial charge in [0.2, 0.25) is 0 Å². The predicted octanol–water partition coefficient (Wildman–Crippen LogP) is 1.42. The summed E-state index contributed by atoms with van der Waals surface area (Å²) in [5.41, 5.74) is 1.57. The zero-order valence-corrected chi connectivity index (χ0v) is 12.3. The summed E-state index contributed by atoms with van der Waals surface area (Å²) in [4.78, 5) is 26.1. The topological polar surface area (TPSA) is 61.4 Å². The van der Waals surface area contributed by atoms with Crippen molar-refractivity contribution in [1.82, 2.24) is 15.5 Å². The summed E-state index contributed by atoms with van der Waals surface area (Å²) < 4.78 is 0. The van der Waals surface area contributed by atoms with Gasteiger partial charge in [0.1, 0.15) is 5.54 Å². The molecular formula is C16H21N3O2. The van der Waals surface area contributed by atoms with Crippen LogP contribution in [0.3, 0.4) is 0 Å². The number of urea groups is 1. The SMILES string of the molecule is CCc1ccc(CN2C(=O)NC3(CCNCC3)C2=O)cc1. The maximum atomic E-state index is 12.6. The van der Waals surface area contributed by atoms with Crippen LogP contribution in [0, 0.1) is 0 Å². The van der Waals surface area contributed by atoms with Crippen LogP contribution in [0.1, 0.15) is 30.9 Å². The van der Waals surface area contributed by atoms with Gasteiger partial charge in [-0.1, -0.05) is 31.2 Å². The third kappa shape index (κ3) is 2.53. The fraction of sp³-hybridized carbons (Fsp3) is 0.500. The summed E-state index contributed by atoms with van der Waals surface area (Å²) in [6.45, 7) is 3.99. The monoisotopic (exact) mass is 287 g/mol. The lowest BCUT2D eigenvalue weighted by Crippen LogP contribution is -2.53. The minimum Gasteiger partial charge on any atom is -0.323 e. The van der Waals surface area contributed by atoms with E-state index in [1.165, 1.54) is 10.5 Å². The van der Waals surface area contributed by atoms with E-state index < -0.39 is 5.54 Å². The van der Waals surface area contributed by atoms with Crippen molar-refractivity contribution in [3.05, 3.63) is 35.4 Å². The molecule has 0 unspecified atom stereocenters. The van der Waals surface area contributed by atoms with E-state index in [1.807, 2.05) is 24.3 Å². The number of hydrogen-bond donors (Lipinski definition) is 2. The Hall–Kier alpha value is -1.88. The molecule has 2 N–H and O–H groups in total. The summed E-state index contributed by atoms with van der Waals surface area (Å²) in [5, 5.41) is 6.14. The lowest BCUT2D eigenvalue weighted by molar-refractivity contribution is -0.132. The van der Waals surface area contributed by atoms with Crippen LogP contribution >= 0.6 is 0 Å². The third-order valence-corrected chi connectivity index (χ3v) is 4.47. The second kappa shape index (κ2) is 5.48. The molecule has 0 atom stereocenters. The number of carbonyl (C=O) groups excluding carboxylic acids is 2. The van der Waals surface area contributed by atoms with Crippen LogP contribution in [-0.4, -0.2) is 35.5 Å². The molecule has 1 aromatic rings. The quantitative estimate of drug-likeness (QED) is 0.827. The summed E-state index contributed by atoms with van der Waals surface area (Å²) in [6.07, 6.45) is 2.32. The molecule has 0 bridgehead atoms. The van der Waals surface area contributed by atoms with Gasteiger partial charge in [-0.3, -0.25) is 9.69 Å². The standard InChI is InChI=1S/C16H21N3O2/c1-2-12-3-5-13(6-4-12)11-19-14(20)16(18-15(19)21)7-9-17-10-8-16/h3-6,17H,2,7-11H2,1H3,(H,18,21). The van der Waals surface area contributed by atoms with Gasteiger partial charge in [-0.05, 0) is 43.5 Å². The van der Waals surface area contributed by atoms with Gasteiger partial charge in [0.05, 0.1) is 6.54 Å². The van der Waals surface area contributed by atoms with E-state index in [0.29, 0.717) is 19.4 Å². The van der Waals surface area contributed by atoms with Crippen LogP contribution in [0.4, 0.5) is 4.79 Å². The molecule has 112 valence electrons. The average molecular weight is 287 g/mol. The maximum Gasteiger partial charge on any atom is 0.325 e. The number of piperidine rings is 1. The lowest BCUT2D eigenvalue weighted by atomic mass is 9.88. The third-order valence-electron chi connectivity index (χ3n) is 4.47. The highest BCUT2D eigenvalue weighted by atomic mass is 16.2. The van der Waals surface area contributed by atoms with Crippen LogP contribution in [-0.2, 0) is 17.8 Å². The van der Waals surface area contributed by atoms with Crippen LogP contribution in [0.2, 0.25) is 0 Å². The summed E-state index contributed by atoms with van der Waals surface area (Å²) >= 11 is 0. The van der Waals surface area contributed by atoms with E-state index >= 15 is 0 Å². The van der Waals surface area contributed by atoms with Crippen molar-refractivity contribution in [3.63, 3.8) is 0 Å². The molecule has 2 aliphatic rings. The molecule has 5 heteroatoms. The fourth-order valence-corrected chi connectivity index (χ4v) is 3.08. The Kier molecular flexibility index (Phi) is 3.68. The Balaban J connectivity index is 1.75. The number of hydrogen-bond acceptors (Lipinski definition) is 3. The molecule has 0 aromatic heterocycles. The minimum atomic E-state index is -0.675. The molecular weight excluding hydrogens is 266 g/mol. The molecule has 0 aliphatic carbocycles. The van der Waals surface area contributed by atoms with Crippen molar-refractivity contribution in [2.45, 2.75) is 38.3 Å². The van der Waals surface area contributed by atoms with E-state index in [-0.39, 0.29) is 11.9 Å². The van der Waals surface area contributed by atoms with Crippen LogP contribution < -0.4 is 10.6 Å². The van der Waals surface area contributed by atoms with Gasteiger partial charge in [0.15, 0.2) is 0 Å². The predicted molar refractivity (Wildman–Crippen MR) is 79.7 cm³/mol. The van der Waals surface area contributed by atoms with Crippen molar-refractivity contribution < 1.29 is 9.59 Å². The van der Waals surface area contributed by atoms with Gasteiger partial charge in [-0.25, -0.2) is 4.79 Å². The van der Waals surface area contributed by atoms with Crippen LogP contribution in [0.5, 0.6) is 0 Å². The molecule has 0 radical (unpaired) electrons. The Morgan fingerprint density at radius 3 is 2.33 bits per heavy atom. The maximum absolute atomic E-state index is 12.6. The van der Waals surface area contributed by atoms with Gasteiger partial charge in [0, 0.05) is 0 Å². The number of nitrogens with one attached hydrogen (secondary N) is 2. The first-order chi connectivity index (χ1) is 10.1. The molecule has 1 aromatic carbocycles. The highest BCUT2D eigenvalue weighted by molar-refractivity contribution is 6.07. The summed E-state index contributed by atoms with van der Waals surface area (Å²) in [5.74, 6) is -0.0754. The largest absolute Gasteiger partial charge is 0.325 e. The van der Waals surface area contributed by atoms with Gasteiger partial charge < -0.3 is 10.6 Å². The van der Waals surface area contributed by atoms with Crippen LogP contribution in [0.15, 0.2) is 24.3 Å². The highest BCUT2D eigenvalue weighted by Gasteiger charge is 2.51. The van der Waals surface area contributed by atoms with E-state index in [4.69, 9.17) is 0 Å². The molecule has 0 saturated carbocycles. The zero-order valence-electron chi connectivity index (χ0n) is 12.3. The summed E-state index contributed by atoms with van der Waals surface area (Å²) in [7, 11) is 0. The van der Waals surface area contributed by atoms with Gasteiger partial charge in [-0.2, -0.15) is 0 Å². The summed E-state index contributed by atoms with van der Waals surface area (Å²) in [6, 6.07) is 7.82. The lowest BCUT2D eigenvalue weighted by Gasteiger charge is -2.31. The molecule has 3 amide bonds. The Morgan fingerprint density at radius 2 is 1.71 bits per heavy atom. The van der Waals surface area contributed by atoms with Crippen molar-refractivity contribution in [3.8, 4) is 0 Å². The molecule has 5 nitrogen and oxygen atoms in total. The molecule has 2 fully saturated rings. The van der Waals surface area contributed by atoms with E-state index in [9.17, 15) is 9.59 Å². The average Bonchev–Trinajstić information content (AvgIpc) is 2.73. The fourth-order valence-electron chi connectivity index (χ4n) is 3.08. The first-order valence-corrected chi connectivity index (χ1v) is 7.57. The van der Waals surface area contributed by atoms with E-state index in [0.717, 1.165) is 25.1 Å². The first kappa shape index (κ1) is 14.1. The minimum absolute atomic E-state index is 0.0754. The number of imide groups is 1. The second-order valence-electron chi connectivity index (χ2n) is 5.82. The van der Waals surface area contributed by atoms with Crippen molar-refractivity contribution in [1.29, 1.82) is 0 Å². The van der Waals surface area contributed by atoms with Gasteiger partial charge in [0.25, 0.3) is 5.91 Å². The molecule has 1 spiro atoms. The number of amides is 3. The number of aryl methyl sites for hydroxylation is 1. The van der Waals surface area contributed by atoms with E-state index in [2.05, 4.69) is 17.6 Å². The molecule has 2 heterocycles. The second-order valence-corrected chi connectivity index (χ2v) is 5.82. The number of nitrogens with zero attached hydrogens (tertiary/aromatic N) is 1. The number of benzene rings is 1. The van der Waals surface area contributed by atoms with Crippen LogP contribution in [0.25, 0.3) is 0 Å². The Morgan fingerprint density at radius 1 is 1.10 bits per heavy atom. The number of carbonyl (C=O) groups is 2. The normalized spacial score (nSPS) is 20.9. The molecule has 3 rings (SSSR count). The first-order valence-electron chi connectivity index (χ1n) is 7.57. The zero-order chi connectivity index (χ0) is 14.9. The molecule has 2 saturated heterocycles. The smallest absolute Gasteiger partial charge is 0.323 e.